The third-order valence-electron chi connectivity index (χ3n) is 4.32. The summed E-state index contributed by atoms with van der Waals surface area (Å²) in [5.74, 6) is 0.487. The van der Waals surface area contributed by atoms with Crippen molar-refractivity contribution in [3.8, 4) is 0 Å². The van der Waals surface area contributed by atoms with Crippen LogP contribution in [0.3, 0.4) is 0 Å². The molecule has 3 heterocycles. The number of Topliss-reactive ketones (excluding diaryl/α,β-unsaturated/α-hetero) is 1. The van der Waals surface area contributed by atoms with Crippen LogP contribution in [-0.2, 0) is 23.1 Å². The summed E-state index contributed by atoms with van der Waals surface area (Å²) in [6, 6.07) is 1.84. The van der Waals surface area contributed by atoms with E-state index in [0.717, 1.165) is 16.8 Å². The average Bonchev–Trinajstić information content (AvgIpc) is 2.98. The van der Waals surface area contributed by atoms with Crippen molar-refractivity contribution in [2.75, 3.05) is 5.32 Å². The highest BCUT2D eigenvalue weighted by Gasteiger charge is 2.52. The number of hydrogen-bond acceptors (Lipinski definition) is 5. The van der Waals surface area contributed by atoms with Crippen LogP contribution in [0.25, 0.3) is 0 Å². The molecule has 2 aromatic rings. The highest BCUT2D eigenvalue weighted by Crippen LogP contribution is 2.45. The summed E-state index contributed by atoms with van der Waals surface area (Å²) in [6.45, 7) is 1.51. The molecular formula is C15H12N4O2. The third kappa shape index (κ3) is 1.55. The molecule has 6 heteroatoms. The molecule has 0 bridgehead atoms. The number of amides is 1. The molecule has 104 valence electrons. The fraction of sp³-hybridized carbons (Fsp3) is 0.267. The molecule has 1 N–H and O–H groups in total. The molecule has 0 radical (unpaired) electrons. The fourth-order valence-corrected chi connectivity index (χ4v) is 3.20. The lowest BCUT2D eigenvalue weighted by Crippen LogP contribution is -2.35. The number of hydrogen-bond donors (Lipinski definition) is 1. The zero-order valence-electron chi connectivity index (χ0n) is 11.4. The number of ketones is 1. The summed E-state index contributed by atoms with van der Waals surface area (Å²) in [6.07, 6.45) is 5.75. The van der Waals surface area contributed by atoms with Gasteiger partial charge in [0.2, 0.25) is 5.91 Å². The number of rotatable bonds is 1. The summed E-state index contributed by atoms with van der Waals surface area (Å²) in [4.78, 5) is 36.5. The number of nitrogens with one attached hydrogen (secondary N) is 1. The molecule has 1 atom stereocenters. The number of fused-ring (bicyclic) bond motifs is 3. The van der Waals surface area contributed by atoms with Gasteiger partial charge in [0.25, 0.3) is 0 Å². The van der Waals surface area contributed by atoms with Gasteiger partial charge in [-0.3, -0.25) is 14.6 Å². The Balaban J connectivity index is 1.83. The lowest BCUT2D eigenvalue weighted by atomic mass is 9.80. The molecule has 21 heavy (non-hydrogen) atoms. The molecule has 0 fully saturated rings. The van der Waals surface area contributed by atoms with Crippen LogP contribution in [0.2, 0.25) is 0 Å². The van der Waals surface area contributed by atoms with Gasteiger partial charge in [0.15, 0.2) is 5.78 Å². The Hall–Kier alpha value is -2.63. The number of nitrogens with zero attached hydrogens (tertiary/aromatic N) is 3. The van der Waals surface area contributed by atoms with Crippen LogP contribution in [0.1, 0.15) is 34.1 Å². The summed E-state index contributed by atoms with van der Waals surface area (Å²) in [7, 11) is 0. The first kappa shape index (κ1) is 12.1. The van der Waals surface area contributed by atoms with Crippen molar-refractivity contribution in [2.45, 2.75) is 25.2 Å². The van der Waals surface area contributed by atoms with Crippen LogP contribution >= 0.6 is 0 Å². The van der Waals surface area contributed by atoms with E-state index in [9.17, 15) is 9.59 Å². The van der Waals surface area contributed by atoms with Crippen LogP contribution in [0.5, 0.6) is 0 Å². The summed E-state index contributed by atoms with van der Waals surface area (Å²) >= 11 is 0. The van der Waals surface area contributed by atoms with E-state index in [-0.39, 0.29) is 11.7 Å². The predicted octanol–water partition coefficient (Wildman–Crippen LogP) is 1.06. The van der Waals surface area contributed by atoms with Gasteiger partial charge in [-0.1, -0.05) is 0 Å². The van der Waals surface area contributed by atoms with E-state index in [1.54, 1.807) is 12.4 Å². The average molecular weight is 280 g/mol. The number of carbonyl (C=O) groups excluding carboxylic acids is 2. The van der Waals surface area contributed by atoms with Crippen molar-refractivity contribution < 1.29 is 9.59 Å². The van der Waals surface area contributed by atoms with Crippen LogP contribution in [0.15, 0.2) is 24.8 Å². The minimum Gasteiger partial charge on any atom is -0.310 e. The summed E-state index contributed by atoms with van der Waals surface area (Å²) in [5.41, 5.74) is 2.54. The van der Waals surface area contributed by atoms with E-state index < -0.39 is 5.41 Å². The fourth-order valence-electron chi connectivity index (χ4n) is 3.20. The maximum atomic E-state index is 12.5. The number of anilines is 1. The Bertz CT molecular complexity index is 802. The predicted molar refractivity (Wildman–Crippen MR) is 74.0 cm³/mol. The third-order valence-corrected chi connectivity index (χ3v) is 4.32. The highest BCUT2D eigenvalue weighted by atomic mass is 16.2. The lowest BCUT2D eigenvalue weighted by Gasteiger charge is -2.19. The first-order chi connectivity index (χ1) is 10.1. The van der Waals surface area contributed by atoms with Gasteiger partial charge >= 0.3 is 0 Å². The van der Waals surface area contributed by atoms with Crippen molar-refractivity contribution in [1.82, 2.24) is 15.0 Å². The molecule has 1 aliphatic heterocycles. The Labute approximate surface area is 120 Å². The second kappa shape index (κ2) is 3.94. The zero-order chi connectivity index (χ0) is 14.6. The number of carbonyl (C=O) groups is 2. The van der Waals surface area contributed by atoms with E-state index in [1.165, 1.54) is 13.3 Å². The van der Waals surface area contributed by atoms with E-state index in [2.05, 4.69) is 20.3 Å². The molecule has 0 aromatic carbocycles. The Morgan fingerprint density at radius 1 is 1.29 bits per heavy atom. The second-order valence-electron chi connectivity index (χ2n) is 5.56. The Kier molecular flexibility index (Phi) is 2.28. The van der Waals surface area contributed by atoms with E-state index in [1.807, 2.05) is 6.07 Å². The summed E-state index contributed by atoms with van der Waals surface area (Å²) < 4.78 is 0. The molecular weight excluding hydrogens is 268 g/mol. The van der Waals surface area contributed by atoms with E-state index >= 15 is 0 Å². The molecule has 2 aliphatic rings. The van der Waals surface area contributed by atoms with Gasteiger partial charge in [-0.05, 0) is 25.0 Å². The molecule has 0 unspecified atom stereocenters. The van der Waals surface area contributed by atoms with Crippen molar-refractivity contribution in [3.63, 3.8) is 0 Å². The molecule has 4 rings (SSSR count). The molecule has 1 spiro atoms. The minimum atomic E-state index is -0.679. The van der Waals surface area contributed by atoms with Gasteiger partial charge < -0.3 is 5.32 Å². The smallest absolute Gasteiger partial charge is 0.237 e. The minimum absolute atomic E-state index is 0.0224. The Morgan fingerprint density at radius 2 is 2.14 bits per heavy atom. The van der Waals surface area contributed by atoms with Gasteiger partial charge in [0.05, 0.1) is 5.41 Å². The van der Waals surface area contributed by atoms with Crippen LogP contribution in [0, 0.1) is 0 Å². The van der Waals surface area contributed by atoms with Crippen LogP contribution in [0.4, 0.5) is 5.82 Å². The van der Waals surface area contributed by atoms with Gasteiger partial charge in [-0.2, -0.15) is 0 Å². The molecule has 0 saturated heterocycles. The topological polar surface area (TPSA) is 84.8 Å². The first-order valence-corrected chi connectivity index (χ1v) is 6.71. The van der Waals surface area contributed by atoms with Gasteiger partial charge in [-0.15, -0.1) is 0 Å². The van der Waals surface area contributed by atoms with E-state index in [4.69, 9.17) is 0 Å². The molecule has 2 aromatic heterocycles. The SMILES string of the molecule is CC(=O)c1cnc2c(c1)C[C@@]1(C2)C(=O)Nc2ncncc21. The van der Waals surface area contributed by atoms with Gasteiger partial charge in [0, 0.05) is 35.6 Å². The number of pyridine rings is 1. The van der Waals surface area contributed by atoms with Gasteiger partial charge in [0.1, 0.15) is 12.1 Å². The molecule has 1 aliphatic carbocycles. The molecule has 1 amide bonds. The quantitative estimate of drug-likeness (QED) is 0.790. The number of aromatic nitrogens is 3. The van der Waals surface area contributed by atoms with Crippen molar-refractivity contribution in [1.29, 1.82) is 0 Å². The van der Waals surface area contributed by atoms with Crippen LogP contribution in [-0.4, -0.2) is 26.6 Å². The van der Waals surface area contributed by atoms with Crippen molar-refractivity contribution in [3.05, 3.63) is 47.2 Å². The highest BCUT2D eigenvalue weighted by molar-refractivity contribution is 6.06. The van der Waals surface area contributed by atoms with Gasteiger partial charge in [-0.25, -0.2) is 9.97 Å². The maximum Gasteiger partial charge on any atom is 0.237 e. The normalized spacial score (nSPS) is 22.0. The Morgan fingerprint density at radius 3 is 2.95 bits per heavy atom. The van der Waals surface area contributed by atoms with Crippen LogP contribution < -0.4 is 5.32 Å². The lowest BCUT2D eigenvalue weighted by molar-refractivity contribution is -0.120. The summed E-state index contributed by atoms with van der Waals surface area (Å²) in [5, 5.41) is 2.82. The maximum absolute atomic E-state index is 12.5. The standard InChI is InChI=1S/C15H12N4O2/c1-8(20)10-2-9-3-15(4-12(9)17-5-10)11-6-16-7-18-13(11)19-14(15)21/h2,5-7H,3-4H2,1H3,(H,16,18,19,21)/t15-/m0/s1. The van der Waals surface area contributed by atoms with E-state index in [0.29, 0.717) is 24.2 Å². The monoisotopic (exact) mass is 280 g/mol. The molecule has 6 nitrogen and oxygen atoms in total. The second-order valence-corrected chi connectivity index (χ2v) is 5.56. The first-order valence-electron chi connectivity index (χ1n) is 6.71. The molecule has 0 saturated carbocycles. The van der Waals surface area contributed by atoms with Crippen molar-refractivity contribution >= 4 is 17.5 Å². The van der Waals surface area contributed by atoms with Crippen molar-refractivity contribution in [2.24, 2.45) is 0 Å². The zero-order valence-corrected chi connectivity index (χ0v) is 11.4. The largest absolute Gasteiger partial charge is 0.310 e.